The van der Waals surface area contributed by atoms with Gasteiger partial charge in [-0.05, 0) is 79.2 Å². The van der Waals surface area contributed by atoms with Crippen molar-refractivity contribution in [1.29, 1.82) is 0 Å². The second kappa shape index (κ2) is 12.7. The first-order valence-corrected chi connectivity index (χ1v) is 19.7. The van der Waals surface area contributed by atoms with Gasteiger partial charge >= 0.3 is 0 Å². The Morgan fingerprint density at radius 2 is 0.862 bits per heavy atom. The fourth-order valence-corrected chi connectivity index (χ4v) is 9.55. The van der Waals surface area contributed by atoms with E-state index in [1.807, 2.05) is 30.3 Å². The fourth-order valence-electron chi connectivity index (χ4n) is 9.55. The van der Waals surface area contributed by atoms with E-state index in [2.05, 4.69) is 170 Å². The van der Waals surface area contributed by atoms with Crippen LogP contribution in [0.3, 0.4) is 0 Å². The minimum absolute atomic E-state index is 0.595. The van der Waals surface area contributed by atoms with Crippen molar-refractivity contribution in [2.24, 2.45) is 0 Å². The molecule has 2 heterocycles. The lowest BCUT2D eigenvalue weighted by atomic mass is 9.66. The monoisotopic (exact) mass is 739 g/mol. The molecule has 1 spiro atoms. The fraction of sp³-hybridized carbons (Fsp3) is 0.0185. The van der Waals surface area contributed by atoms with Crippen LogP contribution in [0.2, 0.25) is 0 Å². The molecule has 9 aromatic carbocycles. The van der Waals surface area contributed by atoms with Crippen LogP contribution in [0.15, 0.2) is 200 Å². The van der Waals surface area contributed by atoms with Crippen LogP contribution < -0.4 is 4.74 Å². The second-order valence-corrected chi connectivity index (χ2v) is 15.1. The number of hydrogen-bond donors (Lipinski definition) is 0. The zero-order valence-corrected chi connectivity index (χ0v) is 31.3. The second-order valence-electron chi connectivity index (χ2n) is 15.1. The summed E-state index contributed by atoms with van der Waals surface area (Å²) >= 11 is 0. The van der Waals surface area contributed by atoms with E-state index in [1.54, 1.807) is 0 Å². The zero-order chi connectivity index (χ0) is 38.2. The van der Waals surface area contributed by atoms with Gasteiger partial charge in [0.2, 0.25) is 0 Å². The van der Waals surface area contributed by atoms with Gasteiger partial charge in [0, 0.05) is 27.8 Å². The Balaban J connectivity index is 1.10. The first-order valence-electron chi connectivity index (χ1n) is 19.7. The summed E-state index contributed by atoms with van der Waals surface area (Å²) in [5.41, 5.74) is 11.4. The van der Waals surface area contributed by atoms with Gasteiger partial charge in [0.25, 0.3) is 0 Å². The summed E-state index contributed by atoms with van der Waals surface area (Å²) in [5, 5.41) is 4.91. The maximum atomic E-state index is 6.59. The molecular formula is C54H33N3O. The molecule has 0 fully saturated rings. The van der Waals surface area contributed by atoms with Gasteiger partial charge in [0.1, 0.15) is 11.5 Å². The van der Waals surface area contributed by atoms with Crippen molar-refractivity contribution in [1.82, 2.24) is 15.0 Å². The van der Waals surface area contributed by atoms with Crippen LogP contribution in [0.5, 0.6) is 11.5 Å². The average molecular weight is 740 g/mol. The van der Waals surface area contributed by atoms with Gasteiger partial charge in [0.05, 0.1) is 5.41 Å². The molecule has 12 rings (SSSR count). The maximum Gasteiger partial charge on any atom is 0.164 e. The van der Waals surface area contributed by atoms with Crippen molar-refractivity contribution >= 4 is 21.5 Å². The molecule has 10 aromatic rings. The highest BCUT2D eigenvalue weighted by atomic mass is 16.5. The van der Waals surface area contributed by atoms with Crippen LogP contribution in [0.4, 0.5) is 0 Å². The molecule has 0 N–H and O–H groups in total. The topological polar surface area (TPSA) is 47.9 Å². The average Bonchev–Trinajstić information content (AvgIpc) is 3.60. The third-order valence-corrected chi connectivity index (χ3v) is 12.0. The molecule has 0 atom stereocenters. The lowest BCUT2D eigenvalue weighted by molar-refractivity contribution is 0.436. The highest BCUT2D eigenvalue weighted by molar-refractivity contribution is 6.13. The quantitative estimate of drug-likeness (QED) is 0.169. The van der Waals surface area contributed by atoms with Gasteiger partial charge in [-0.3, -0.25) is 0 Å². The number of rotatable bonds is 4. The van der Waals surface area contributed by atoms with Crippen molar-refractivity contribution in [3.05, 3.63) is 222 Å². The Morgan fingerprint density at radius 3 is 1.66 bits per heavy atom. The molecule has 0 unspecified atom stereocenters. The smallest absolute Gasteiger partial charge is 0.164 e. The number of aromatic nitrogens is 3. The summed E-state index contributed by atoms with van der Waals surface area (Å²) in [6.07, 6.45) is 0. The summed E-state index contributed by atoms with van der Waals surface area (Å²) in [6.45, 7) is 0. The van der Waals surface area contributed by atoms with Crippen molar-refractivity contribution in [2.75, 3.05) is 0 Å². The van der Waals surface area contributed by atoms with E-state index in [1.165, 1.54) is 38.2 Å². The minimum Gasteiger partial charge on any atom is -0.457 e. The highest BCUT2D eigenvalue weighted by Crippen LogP contribution is 2.63. The van der Waals surface area contributed by atoms with Gasteiger partial charge in [-0.2, -0.15) is 0 Å². The molecule has 2 aliphatic rings. The van der Waals surface area contributed by atoms with Crippen LogP contribution >= 0.6 is 0 Å². The molecule has 270 valence electrons. The molecule has 1 aliphatic heterocycles. The Kier molecular flexibility index (Phi) is 7.11. The molecule has 0 bridgehead atoms. The number of nitrogens with zero attached hydrogens (tertiary/aromatic N) is 3. The van der Waals surface area contributed by atoms with Crippen molar-refractivity contribution < 1.29 is 4.74 Å². The standard InChI is InChI=1S/C54H33N3O/c1-2-16-34(17-3-1)51-55-52(37-20-14-19-35(32-37)43-33-36-18-4-5-21-38(36)39-22-6-7-23-40(39)43)57-53(56-51)42-25-15-29-47-50(42)41-24-8-9-26-44(41)54(47)45-27-10-12-30-48(45)58-49-31-13-11-28-46(49)54/h1-33H. The van der Waals surface area contributed by atoms with E-state index < -0.39 is 5.41 Å². The van der Waals surface area contributed by atoms with Crippen molar-refractivity contribution in [3.8, 4) is 67.9 Å². The van der Waals surface area contributed by atoms with Gasteiger partial charge in [-0.25, -0.2) is 15.0 Å². The summed E-state index contributed by atoms with van der Waals surface area (Å²) in [6, 6.07) is 70.7. The molecule has 0 saturated carbocycles. The third kappa shape index (κ3) is 4.72. The number of hydrogen-bond acceptors (Lipinski definition) is 4. The third-order valence-electron chi connectivity index (χ3n) is 12.0. The molecular weight excluding hydrogens is 707 g/mol. The number of benzene rings is 9. The predicted molar refractivity (Wildman–Crippen MR) is 234 cm³/mol. The number of ether oxygens (including phenoxy) is 1. The maximum absolute atomic E-state index is 6.59. The molecule has 1 aromatic heterocycles. The molecule has 0 amide bonds. The van der Waals surface area contributed by atoms with Crippen LogP contribution in [0, 0.1) is 0 Å². The Morgan fingerprint density at radius 1 is 0.328 bits per heavy atom. The van der Waals surface area contributed by atoms with Gasteiger partial charge < -0.3 is 4.74 Å². The minimum atomic E-state index is -0.595. The van der Waals surface area contributed by atoms with Crippen LogP contribution in [0.1, 0.15) is 22.3 Å². The van der Waals surface area contributed by atoms with E-state index in [-0.39, 0.29) is 0 Å². The van der Waals surface area contributed by atoms with E-state index in [0.29, 0.717) is 17.5 Å². The van der Waals surface area contributed by atoms with Crippen molar-refractivity contribution in [3.63, 3.8) is 0 Å². The molecule has 0 radical (unpaired) electrons. The first-order chi connectivity index (χ1) is 28.8. The van der Waals surface area contributed by atoms with Gasteiger partial charge in [0.15, 0.2) is 17.5 Å². The summed E-state index contributed by atoms with van der Waals surface area (Å²) < 4.78 is 6.59. The lowest BCUT2D eigenvalue weighted by Gasteiger charge is -2.39. The largest absolute Gasteiger partial charge is 0.457 e. The van der Waals surface area contributed by atoms with Crippen molar-refractivity contribution in [2.45, 2.75) is 5.41 Å². The first kappa shape index (κ1) is 32.5. The van der Waals surface area contributed by atoms with Gasteiger partial charge in [-0.1, -0.05) is 176 Å². The van der Waals surface area contributed by atoms with E-state index >= 15 is 0 Å². The molecule has 1 aliphatic carbocycles. The Bertz CT molecular complexity index is 3230. The van der Waals surface area contributed by atoms with Crippen LogP contribution in [-0.4, -0.2) is 15.0 Å². The SMILES string of the molecule is c1ccc(-c2nc(-c3cccc(-c4cc5ccccc5c5ccccc45)c3)nc(-c3cccc4c3-c3ccccc3C43c4ccccc4Oc4ccccc43)n2)cc1. The molecule has 4 heteroatoms. The van der Waals surface area contributed by atoms with Crippen LogP contribution in [0.25, 0.3) is 78.0 Å². The van der Waals surface area contributed by atoms with E-state index in [9.17, 15) is 0 Å². The normalized spacial score (nSPS) is 13.1. The number of fused-ring (bicyclic) bond motifs is 12. The lowest BCUT2D eigenvalue weighted by Crippen LogP contribution is -2.32. The molecule has 58 heavy (non-hydrogen) atoms. The predicted octanol–water partition coefficient (Wildman–Crippen LogP) is 13.3. The Labute approximate surface area is 335 Å². The summed E-state index contributed by atoms with van der Waals surface area (Å²) in [7, 11) is 0. The highest BCUT2D eigenvalue weighted by Gasteiger charge is 2.51. The summed E-state index contributed by atoms with van der Waals surface area (Å²) in [4.78, 5) is 15.8. The Hall–Kier alpha value is -7.69. The van der Waals surface area contributed by atoms with E-state index in [4.69, 9.17) is 19.7 Å². The molecule has 0 saturated heterocycles. The number of para-hydroxylation sites is 2. The van der Waals surface area contributed by atoms with Gasteiger partial charge in [-0.15, -0.1) is 0 Å². The van der Waals surface area contributed by atoms with E-state index in [0.717, 1.165) is 56.0 Å². The summed E-state index contributed by atoms with van der Waals surface area (Å²) in [5.74, 6) is 3.60. The van der Waals surface area contributed by atoms with Crippen LogP contribution in [-0.2, 0) is 5.41 Å². The molecule has 4 nitrogen and oxygen atoms in total. The zero-order valence-electron chi connectivity index (χ0n) is 31.3.